The molecule has 4 rings (SSSR count). The molecule has 280 valence electrons. The number of likely N-dealkylation sites (tertiary alicyclic amines) is 1. The van der Waals surface area contributed by atoms with Gasteiger partial charge in [-0.05, 0) is 81.6 Å². The molecule has 0 bridgehead atoms. The molecule has 1 aromatic heterocycles. The van der Waals surface area contributed by atoms with Crippen molar-refractivity contribution in [3.05, 3.63) is 51.7 Å². The molecule has 2 heterocycles. The molecule has 0 spiro atoms. The second-order valence-corrected chi connectivity index (χ2v) is 15.3. The molecule has 2 fully saturated rings. The van der Waals surface area contributed by atoms with Crippen LogP contribution in [0.15, 0.2) is 29.6 Å². The topological polar surface area (TPSA) is 158 Å². The van der Waals surface area contributed by atoms with Crippen LogP contribution in [0.3, 0.4) is 0 Å². The summed E-state index contributed by atoms with van der Waals surface area (Å²) in [7, 11) is 3.65. The number of carboxylic acid groups (broad SMARTS) is 1. The first-order chi connectivity index (χ1) is 24.1. The molecular weight excluding hydrogens is 678 g/mol. The van der Waals surface area contributed by atoms with Crippen molar-refractivity contribution in [2.75, 3.05) is 20.6 Å². The second kappa shape index (κ2) is 18.0. The number of carbonyl (C=O) groups excluding carboxylic acids is 4. The fourth-order valence-corrected chi connectivity index (χ4v) is 7.61. The monoisotopic (exact) mass is 729 g/mol. The van der Waals surface area contributed by atoms with Crippen LogP contribution in [0.4, 0.5) is 4.39 Å². The fraction of sp³-hybridized carbons (Fsp3) is 0.622. The molecule has 1 saturated carbocycles. The van der Waals surface area contributed by atoms with Crippen LogP contribution in [-0.2, 0) is 30.3 Å². The Morgan fingerprint density at radius 1 is 1.06 bits per heavy atom. The van der Waals surface area contributed by atoms with Gasteiger partial charge in [-0.15, -0.1) is 11.3 Å². The summed E-state index contributed by atoms with van der Waals surface area (Å²) in [6.07, 6.45) is 4.27. The Morgan fingerprint density at radius 2 is 1.75 bits per heavy atom. The number of esters is 1. The van der Waals surface area contributed by atoms with E-state index >= 15 is 0 Å². The Labute approximate surface area is 303 Å². The normalized spacial score (nSPS) is 19.3. The molecule has 1 aliphatic heterocycles. The largest absolute Gasteiger partial charge is 0.481 e. The number of amides is 3. The van der Waals surface area contributed by atoms with Gasteiger partial charge < -0.3 is 25.4 Å². The average molecular weight is 730 g/mol. The number of thiazole rings is 1. The Kier molecular flexibility index (Phi) is 14.1. The van der Waals surface area contributed by atoms with Crippen molar-refractivity contribution in [3.63, 3.8) is 0 Å². The van der Waals surface area contributed by atoms with E-state index in [4.69, 9.17) is 4.74 Å². The number of piperidine rings is 1. The zero-order valence-electron chi connectivity index (χ0n) is 30.4. The predicted octanol–water partition coefficient (Wildman–Crippen LogP) is 4.59. The molecule has 3 amide bonds. The van der Waals surface area contributed by atoms with Gasteiger partial charge >= 0.3 is 11.9 Å². The van der Waals surface area contributed by atoms with Gasteiger partial charge in [0.05, 0.1) is 12.0 Å². The van der Waals surface area contributed by atoms with E-state index in [2.05, 4.69) is 15.6 Å². The van der Waals surface area contributed by atoms with Gasteiger partial charge in [-0.25, -0.2) is 9.37 Å². The van der Waals surface area contributed by atoms with Crippen LogP contribution in [-0.4, -0.2) is 94.4 Å². The lowest BCUT2D eigenvalue weighted by molar-refractivity contribution is -0.149. The molecule has 51 heavy (non-hydrogen) atoms. The highest BCUT2D eigenvalue weighted by atomic mass is 32.1. The number of aromatic nitrogens is 1. The molecule has 1 aromatic carbocycles. The molecular formula is C37H52FN5O7S. The number of likely N-dealkylation sites (N-methyl/N-ethyl adjacent to an activating group) is 2. The molecule has 6 atom stereocenters. The van der Waals surface area contributed by atoms with Crippen molar-refractivity contribution in [1.29, 1.82) is 0 Å². The number of nitrogens with zero attached hydrogens (tertiary/aromatic N) is 3. The SMILES string of the molecule is CC(=O)O[C@H](C[C@H](C(C)C)N(C)C(=O)[C@@H](NC(=O)[C@H]1CCCCN1C)C1CC1)c1nc(C(=O)N[C@@H](Cc2ccc(F)cc2)C[C@H](C)C(=O)O)cs1. The first-order valence-corrected chi connectivity index (χ1v) is 18.7. The first kappa shape index (κ1) is 39.9. The van der Waals surface area contributed by atoms with Crippen LogP contribution >= 0.6 is 11.3 Å². The van der Waals surface area contributed by atoms with Crippen molar-refractivity contribution >= 4 is 41.0 Å². The van der Waals surface area contributed by atoms with Crippen LogP contribution in [0.2, 0.25) is 0 Å². The van der Waals surface area contributed by atoms with Gasteiger partial charge in [0.25, 0.3) is 5.91 Å². The van der Waals surface area contributed by atoms with E-state index in [1.165, 1.54) is 19.1 Å². The molecule has 2 aromatic rings. The molecule has 12 nitrogen and oxygen atoms in total. The van der Waals surface area contributed by atoms with Gasteiger partial charge in [-0.1, -0.05) is 39.3 Å². The maximum absolute atomic E-state index is 14.0. The van der Waals surface area contributed by atoms with E-state index < -0.39 is 53.8 Å². The van der Waals surface area contributed by atoms with Gasteiger partial charge in [-0.3, -0.25) is 28.9 Å². The number of carbonyl (C=O) groups is 5. The third-order valence-corrected chi connectivity index (χ3v) is 10.9. The number of benzene rings is 1. The van der Waals surface area contributed by atoms with Gasteiger partial charge in [0.1, 0.15) is 22.6 Å². The molecule has 0 unspecified atom stereocenters. The number of ether oxygens (including phenoxy) is 1. The summed E-state index contributed by atoms with van der Waals surface area (Å²) < 4.78 is 19.2. The van der Waals surface area contributed by atoms with Crippen molar-refractivity contribution in [3.8, 4) is 0 Å². The lowest BCUT2D eigenvalue weighted by Crippen LogP contribution is -2.56. The summed E-state index contributed by atoms with van der Waals surface area (Å²) in [6.45, 7) is 7.63. The number of hydrogen-bond acceptors (Lipinski definition) is 9. The van der Waals surface area contributed by atoms with Crippen LogP contribution in [0, 0.1) is 23.6 Å². The summed E-state index contributed by atoms with van der Waals surface area (Å²) in [4.78, 5) is 72.9. The molecule has 2 aliphatic rings. The molecule has 1 saturated heterocycles. The van der Waals surface area contributed by atoms with Crippen molar-refractivity contribution < 1.29 is 38.2 Å². The van der Waals surface area contributed by atoms with Crippen molar-refractivity contribution in [2.24, 2.45) is 17.8 Å². The number of rotatable bonds is 17. The van der Waals surface area contributed by atoms with E-state index in [1.807, 2.05) is 25.8 Å². The minimum atomic E-state index is -1.00. The summed E-state index contributed by atoms with van der Waals surface area (Å²) in [6, 6.07) is 3.93. The minimum absolute atomic E-state index is 0.0526. The zero-order valence-corrected chi connectivity index (χ0v) is 31.2. The highest BCUT2D eigenvalue weighted by Gasteiger charge is 2.42. The van der Waals surface area contributed by atoms with Crippen LogP contribution in [0.1, 0.15) is 99.8 Å². The van der Waals surface area contributed by atoms with Gasteiger partial charge in [0.15, 0.2) is 6.10 Å². The Balaban J connectivity index is 1.49. The summed E-state index contributed by atoms with van der Waals surface area (Å²) >= 11 is 1.15. The van der Waals surface area contributed by atoms with Crippen molar-refractivity contribution in [2.45, 2.75) is 109 Å². The maximum atomic E-state index is 14.0. The third-order valence-electron chi connectivity index (χ3n) is 9.93. The summed E-state index contributed by atoms with van der Waals surface area (Å²) in [5, 5.41) is 17.4. The summed E-state index contributed by atoms with van der Waals surface area (Å²) in [5.74, 6) is -3.51. The van der Waals surface area contributed by atoms with Gasteiger partial charge in [0, 0.05) is 37.9 Å². The quantitative estimate of drug-likeness (QED) is 0.198. The Hall–Kier alpha value is -3.91. The molecule has 1 aliphatic carbocycles. The van der Waals surface area contributed by atoms with E-state index in [-0.39, 0.29) is 54.6 Å². The molecule has 14 heteroatoms. The Bertz CT molecular complexity index is 1530. The van der Waals surface area contributed by atoms with Crippen LogP contribution < -0.4 is 10.6 Å². The minimum Gasteiger partial charge on any atom is -0.481 e. The number of hydrogen-bond donors (Lipinski definition) is 3. The highest BCUT2D eigenvalue weighted by Crippen LogP contribution is 2.36. The number of carboxylic acids is 1. The van der Waals surface area contributed by atoms with Gasteiger partial charge in [-0.2, -0.15) is 0 Å². The molecule has 3 N–H and O–H groups in total. The molecule has 0 radical (unpaired) electrons. The van der Waals surface area contributed by atoms with E-state index in [9.17, 15) is 33.5 Å². The number of aliphatic carboxylic acids is 1. The van der Waals surface area contributed by atoms with E-state index in [1.54, 1.807) is 36.4 Å². The lowest BCUT2D eigenvalue weighted by Gasteiger charge is -2.37. The average Bonchev–Trinajstić information content (AvgIpc) is 3.80. The lowest BCUT2D eigenvalue weighted by atomic mass is 9.95. The highest BCUT2D eigenvalue weighted by molar-refractivity contribution is 7.09. The number of halogens is 1. The predicted molar refractivity (Wildman–Crippen MR) is 190 cm³/mol. The van der Waals surface area contributed by atoms with Crippen molar-refractivity contribution in [1.82, 2.24) is 25.4 Å². The maximum Gasteiger partial charge on any atom is 0.306 e. The van der Waals surface area contributed by atoms with Gasteiger partial charge in [0.2, 0.25) is 11.8 Å². The number of nitrogens with one attached hydrogen (secondary N) is 2. The zero-order chi connectivity index (χ0) is 37.4. The summed E-state index contributed by atoms with van der Waals surface area (Å²) in [5.41, 5.74) is 0.810. The fourth-order valence-electron chi connectivity index (χ4n) is 6.77. The first-order valence-electron chi connectivity index (χ1n) is 17.8. The Morgan fingerprint density at radius 3 is 2.33 bits per heavy atom. The third kappa shape index (κ3) is 11.3. The smallest absolute Gasteiger partial charge is 0.306 e. The van der Waals surface area contributed by atoms with Crippen LogP contribution in [0.25, 0.3) is 0 Å². The van der Waals surface area contributed by atoms with Crippen LogP contribution in [0.5, 0.6) is 0 Å². The standard InChI is InChI=1S/C37H52FN5O7S/c1-21(2)30(43(6)36(47)32(25-12-13-25)41-34(46)29-9-7-8-16-42(29)5)19-31(50-23(4)44)35-40-28(20-51-35)33(45)39-27(17-22(3)37(48)49)18-24-10-14-26(38)15-11-24/h10-11,14-15,20-22,25,27,29-32H,7-9,12-13,16-19H2,1-6H3,(H,39,45)(H,41,46)(H,48,49)/t22-,27+,29+,30+,31+,32-/m0/s1. The van der Waals surface area contributed by atoms with E-state index in [0.717, 1.165) is 55.5 Å². The van der Waals surface area contributed by atoms with E-state index in [0.29, 0.717) is 5.01 Å². The second-order valence-electron chi connectivity index (χ2n) is 14.5.